The summed E-state index contributed by atoms with van der Waals surface area (Å²) in [5.74, 6) is 1.57. The van der Waals surface area contributed by atoms with E-state index in [9.17, 15) is 0 Å². The van der Waals surface area contributed by atoms with E-state index in [1.165, 1.54) is 11.3 Å². The van der Waals surface area contributed by atoms with Crippen LogP contribution in [0.2, 0.25) is 10.3 Å². The Labute approximate surface area is 157 Å². The number of pyridine rings is 1. The van der Waals surface area contributed by atoms with Gasteiger partial charge in [0.1, 0.15) is 16.1 Å². The molecule has 0 unspecified atom stereocenters. The van der Waals surface area contributed by atoms with Crippen molar-refractivity contribution in [1.29, 1.82) is 0 Å². The van der Waals surface area contributed by atoms with Crippen LogP contribution in [0.1, 0.15) is 11.4 Å². The quantitative estimate of drug-likeness (QED) is 0.488. The van der Waals surface area contributed by atoms with Crippen LogP contribution in [0.3, 0.4) is 0 Å². The van der Waals surface area contributed by atoms with Gasteiger partial charge < -0.3 is 4.74 Å². The molecule has 0 radical (unpaired) electrons. The van der Waals surface area contributed by atoms with Crippen LogP contribution < -0.4 is 4.74 Å². The molecule has 0 atom stereocenters. The molecule has 25 heavy (non-hydrogen) atoms. The highest BCUT2D eigenvalue weighted by Crippen LogP contribution is 2.31. The molecule has 0 fully saturated rings. The summed E-state index contributed by atoms with van der Waals surface area (Å²) < 4.78 is 6.91. The van der Waals surface area contributed by atoms with Gasteiger partial charge in [-0.15, -0.1) is 10.2 Å². The molecule has 3 heterocycles. The first-order chi connectivity index (χ1) is 12.1. The average molecular weight is 392 g/mol. The highest BCUT2D eigenvalue weighted by Gasteiger charge is 2.16. The SMILES string of the molecule is COc1ccc(Cc2nnc3sc(-c4ccc(Cl)nc4Cl)nn23)cc1. The van der Waals surface area contributed by atoms with Crippen molar-refractivity contribution in [3.8, 4) is 16.3 Å². The molecule has 4 aromatic rings. The number of aromatic nitrogens is 5. The number of hydrogen-bond acceptors (Lipinski definition) is 6. The van der Waals surface area contributed by atoms with Crippen LogP contribution in [0.5, 0.6) is 5.75 Å². The maximum Gasteiger partial charge on any atom is 0.234 e. The van der Waals surface area contributed by atoms with Crippen molar-refractivity contribution in [2.24, 2.45) is 0 Å². The summed E-state index contributed by atoms with van der Waals surface area (Å²) in [5.41, 5.74) is 1.81. The topological polar surface area (TPSA) is 65.2 Å². The van der Waals surface area contributed by atoms with E-state index in [-0.39, 0.29) is 0 Å². The van der Waals surface area contributed by atoms with Crippen LogP contribution in [0.25, 0.3) is 15.5 Å². The number of rotatable bonds is 4. The predicted molar refractivity (Wildman–Crippen MR) is 97.7 cm³/mol. The Balaban J connectivity index is 1.68. The van der Waals surface area contributed by atoms with Gasteiger partial charge in [0, 0.05) is 12.0 Å². The van der Waals surface area contributed by atoms with Crippen LogP contribution >= 0.6 is 34.5 Å². The number of benzene rings is 1. The van der Waals surface area contributed by atoms with Gasteiger partial charge in [0.05, 0.1) is 7.11 Å². The molecule has 6 nitrogen and oxygen atoms in total. The van der Waals surface area contributed by atoms with Crippen LogP contribution in [0.4, 0.5) is 0 Å². The third-order valence-electron chi connectivity index (χ3n) is 3.62. The van der Waals surface area contributed by atoms with E-state index in [2.05, 4.69) is 20.3 Å². The number of halogens is 2. The molecule has 0 amide bonds. The minimum Gasteiger partial charge on any atom is -0.497 e. The molecular formula is C16H11Cl2N5OS. The zero-order chi connectivity index (χ0) is 17.4. The zero-order valence-corrected chi connectivity index (χ0v) is 15.3. The van der Waals surface area contributed by atoms with Gasteiger partial charge in [0.2, 0.25) is 4.96 Å². The summed E-state index contributed by atoms with van der Waals surface area (Å²) in [6, 6.07) is 11.3. The highest BCUT2D eigenvalue weighted by atomic mass is 35.5. The molecular weight excluding hydrogens is 381 g/mol. The minimum atomic E-state index is 0.314. The van der Waals surface area contributed by atoms with Gasteiger partial charge in [-0.2, -0.15) is 9.61 Å². The molecule has 0 bridgehead atoms. The number of methoxy groups -OCH3 is 1. The van der Waals surface area contributed by atoms with Crippen molar-refractivity contribution in [3.63, 3.8) is 0 Å². The van der Waals surface area contributed by atoms with Crippen LogP contribution in [0.15, 0.2) is 36.4 Å². The molecule has 1 aromatic carbocycles. The molecule has 0 saturated carbocycles. The van der Waals surface area contributed by atoms with E-state index in [1.54, 1.807) is 23.8 Å². The third kappa shape index (κ3) is 3.18. The molecule has 0 spiro atoms. The van der Waals surface area contributed by atoms with Gasteiger partial charge in [-0.1, -0.05) is 46.7 Å². The minimum absolute atomic E-state index is 0.314. The molecule has 9 heteroatoms. The van der Waals surface area contributed by atoms with Gasteiger partial charge in [-0.05, 0) is 29.8 Å². The standard InChI is InChI=1S/C16H11Cl2N5OS/c1-24-10-4-2-9(3-5-10)8-13-20-21-16-23(13)22-15(25-16)11-6-7-12(17)19-14(11)18/h2-7H,8H2,1H3. The lowest BCUT2D eigenvalue weighted by Gasteiger charge is -2.02. The first-order valence-corrected chi connectivity index (χ1v) is 8.88. The monoisotopic (exact) mass is 391 g/mol. The first kappa shape index (κ1) is 16.3. The maximum atomic E-state index is 6.17. The summed E-state index contributed by atoms with van der Waals surface area (Å²) in [6.07, 6.45) is 0.612. The smallest absolute Gasteiger partial charge is 0.234 e. The number of ether oxygens (including phenoxy) is 1. The molecule has 4 rings (SSSR count). The van der Waals surface area contributed by atoms with Crippen molar-refractivity contribution in [2.45, 2.75) is 6.42 Å². The lowest BCUT2D eigenvalue weighted by atomic mass is 10.1. The summed E-state index contributed by atoms with van der Waals surface area (Å²) in [7, 11) is 1.64. The summed E-state index contributed by atoms with van der Waals surface area (Å²) in [4.78, 5) is 4.75. The average Bonchev–Trinajstić information content (AvgIpc) is 3.17. The van der Waals surface area contributed by atoms with Gasteiger partial charge in [-0.3, -0.25) is 0 Å². The fraction of sp³-hybridized carbons (Fsp3) is 0.125. The molecule has 0 aliphatic heterocycles. The van der Waals surface area contributed by atoms with Crippen LogP contribution in [-0.4, -0.2) is 31.9 Å². The van der Waals surface area contributed by atoms with Crippen molar-refractivity contribution in [2.75, 3.05) is 7.11 Å². The lowest BCUT2D eigenvalue weighted by Crippen LogP contribution is -1.98. The Morgan fingerprint density at radius 2 is 1.88 bits per heavy atom. The first-order valence-electron chi connectivity index (χ1n) is 7.30. The van der Waals surface area contributed by atoms with Crippen LogP contribution in [0, 0.1) is 0 Å². The number of nitrogens with zero attached hydrogens (tertiary/aromatic N) is 5. The van der Waals surface area contributed by atoms with Crippen molar-refractivity contribution < 1.29 is 4.74 Å². The Hall–Kier alpha value is -2.22. The molecule has 0 N–H and O–H groups in total. The number of fused-ring (bicyclic) bond motifs is 1. The predicted octanol–water partition coefficient (Wildman–Crippen LogP) is 4.15. The Kier molecular flexibility index (Phi) is 4.29. The fourth-order valence-electron chi connectivity index (χ4n) is 2.37. The normalized spacial score (nSPS) is 11.2. The van der Waals surface area contributed by atoms with Crippen molar-refractivity contribution in [3.05, 3.63) is 58.1 Å². The van der Waals surface area contributed by atoms with E-state index in [1.807, 2.05) is 24.3 Å². The van der Waals surface area contributed by atoms with Gasteiger partial charge in [0.15, 0.2) is 10.8 Å². The summed E-state index contributed by atoms with van der Waals surface area (Å²) >= 11 is 13.4. The fourth-order valence-corrected chi connectivity index (χ4v) is 3.75. The molecule has 0 aliphatic rings. The Bertz CT molecular complexity index is 1040. The lowest BCUT2D eigenvalue weighted by molar-refractivity contribution is 0.414. The number of hydrogen-bond donors (Lipinski definition) is 0. The molecule has 0 aliphatic carbocycles. The van der Waals surface area contributed by atoms with E-state index in [0.29, 0.717) is 21.7 Å². The van der Waals surface area contributed by atoms with E-state index >= 15 is 0 Å². The van der Waals surface area contributed by atoms with E-state index < -0.39 is 0 Å². The molecule has 0 saturated heterocycles. The molecule has 126 valence electrons. The van der Waals surface area contributed by atoms with Crippen molar-refractivity contribution in [1.82, 2.24) is 24.8 Å². The molecule has 3 aromatic heterocycles. The Morgan fingerprint density at radius 3 is 2.60 bits per heavy atom. The maximum absolute atomic E-state index is 6.17. The van der Waals surface area contributed by atoms with Crippen molar-refractivity contribution >= 4 is 39.5 Å². The Morgan fingerprint density at radius 1 is 1.08 bits per heavy atom. The second kappa shape index (κ2) is 6.59. The van der Waals surface area contributed by atoms with E-state index in [4.69, 9.17) is 27.9 Å². The second-order valence-electron chi connectivity index (χ2n) is 5.22. The van der Waals surface area contributed by atoms with Gasteiger partial charge >= 0.3 is 0 Å². The third-order valence-corrected chi connectivity index (χ3v) is 5.05. The van der Waals surface area contributed by atoms with Gasteiger partial charge in [0.25, 0.3) is 0 Å². The summed E-state index contributed by atoms with van der Waals surface area (Å²) in [6.45, 7) is 0. The largest absolute Gasteiger partial charge is 0.497 e. The van der Waals surface area contributed by atoms with Gasteiger partial charge in [-0.25, -0.2) is 4.98 Å². The van der Waals surface area contributed by atoms with Crippen LogP contribution in [-0.2, 0) is 6.42 Å². The second-order valence-corrected chi connectivity index (χ2v) is 6.92. The summed E-state index contributed by atoms with van der Waals surface area (Å²) in [5, 5.41) is 14.4. The highest BCUT2D eigenvalue weighted by molar-refractivity contribution is 7.19. The van der Waals surface area contributed by atoms with E-state index in [0.717, 1.165) is 27.7 Å². The zero-order valence-electron chi connectivity index (χ0n) is 13.0.